The van der Waals surface area contributed by atoms with E-state index in [1.165, 1.54) is 12.1 Å². The van der Waals surface area contributed by atoms with Crippen LogP contribution in [0.3, 0.4) is 0 Å². The van der Waals surface area contributed by atoms with Gasteiger partial charge in [-0.2, -0.15) is 13.2 Å². The van der Waals surface area contributed by atoms with Gasteiger partial charge in [0.15, 0.2) is 4.77 Å². The number of hydrogen-bond donors (Lipinski definition) is 2. The molecule has 1 aliphatic heterocycles. The van der Waals surface area contributed by atoms with E-state index >= 15 is 0 Å². The minimum absolute atomic E-state index is 0.149. The topological polar surface area (TPSA) is 66.9 Å². The quantitative estimate of drug-likeness (QED) is 0.535. The van der Waals surface area contributed by atoms with Crippen molar-refractivity contribution in [2.45, 2.75) is 43.9 Å². The highest BCUT2D eigenvalue weighted by atomic mass is 32.1. The van der Waals surface area contributed by atoms with Crippen LogP contribution in [0.2, 0.25) is 0 Å². The number of aromatic amines is 1. The highest BCUT2D eigenvalue weighted by Crippen LogP contribution is 2.35. The Morgan fingerprint density at radius 1 is 0.939 bits per heavy atom. The number of nitrogens with one attached hydrogen (secondary N) is 2. The Labute approximate surface area is 192 Å². The lowest BCUT2D eigenvalue weighted by Crippen LogP contribution is -2.28. The number of rotatable bonds is 3. The molecule has 1 saturated heterocycles. The van der Waals surface area contributed by atoms with E-state index in [0.29, 0.717) is 24.0 Å². The summed E-state index contributed by atoms with van der Waals surface area (Å²) in [6.45, 7) is 0. The monoisotopic (exact) mass is 471 g/mol. The zero-order valence-electron chi connectivity index (χ0n) is 17.4. The fourth-order valence-corrected chi connectivity index (χ4v) is 5.11. The molecule has 2 atom stereocenters. The van der Waals surface area contributed by atoms with Crippen molar-refractivity contribution in [3.8, 4) is 11.1 Å². The average Bonchev–Trinajstić information content (AvgIpc) is 3.41. The van der Waals surface area contributed by atoms with E-state index < -0.39 is 17.8 Å². The maximum atomic E-state index is 12.8. The van der Waals surface area contributed by atoms with E-state index in [1.807, 2.05) is 24.3 Å². The minimum Gasteiger partial charge on any atom is -0.347 e. The Hall–Kier alpha value is -3.20. The Kier molecular flexibility index (Phi) is 5.23. The summed E-state index contributed by atoms with van der Waals surface area (Å²) in [7, 11) is 0. The molecule has 170 valence electrons. The third-order valence-electron chi connectivity index (χ3n) is 6.44. The van der Waals surface area contributed by atoms with E-state index in [9.17, 15) is 22.8 Å². The molecule has 0 unspecified atom stereocenters. The first-order valence-corrected chi connectivity index (χ1v) is 11.1. The van der Waals surface area contributed by atoms with Gasteiger partial charge in [-0.05, 0) is 60.3 Å². The van der Waals surface area contributed by atoms with Crippen LogP contribution in [0.5, 0.6) is 0 Å². The second-order valence-electron chi connectivity index (χ2n) is 8.42. The molecule has 0 saturated carbocycles. The first kappa shape index (κ1) is 21.6. The zero-order valence-corrected chi connectivity index (χ0v) is 18.2. The molecule has 5 nitrogen and oxygen atoms in total. The SMILES string of the molecule is O=C1N[C@H](c2ccc(-c3ccc(C(F)(F)F)cc3)cc2)C[C@@H]1n1c2c(c(=O)[nH]c1=S)CCC2. The van der Waals surface area contributed by atoms with E-state index in [1.54, 1.807) is 4.57 Å². The Morgan fingerprint density at radius 3 is 2.21 bits per heavy atom. The molecular weight excluding hydrogens is 451 g/mol. The molecule has 33 heavy (non-hydrogen) atoms. The molecule has 9 heteroatoms. The van der Waals surface area contributed by atoms with Gasteiger partial charge in [0.05, 0.1) is 11.6 Å². The van der Waals surface area contributed by atoms with Crippen molar-refractivity contribution in [1.29, 1.82) is 0 Å². The normalized spacial score (nSPS) is 20.0. The number of fused-ring (bicyclic) bond motifs is 1. The van der Waals surface area contributed by atoms with Crippen LogP contribution in [0, 0.1) is 4.77 Å². The summed E-state index contributed by atoms with van der Waals surface area (Å²) in [6.07, 6.45) is -1.61. The van der Waals surface area contributed by atoms with Gasteiger partial charge < -0.3 is 9.88 Å². The molecule has 2 aliphatic rings. The van der Waals surface area contributed by atoms with Crippen LogP contribution < -0.4 is 10.9 Å². The number of aromatic nitrogens is 2. The predicted molar refractivity (Wildman–Crippen MR) is 119 cm³/mol. The first-order valence-electron chi connectivity index (χ1n) is 10.7. The van der Waals surface area contributed by atoms with Gasteiger partial charge in [0, 0.05) is 17.7 Å². The van der Waals surface area contributed by atoms with Crippen LogP contribution in [-0.2, 0) is 23.8 Å². The smallest absolute Gasteiger partial charge is 0.347 e. The zero-order chi connectivity index (χ0) is 23.3. The fraction of sp³-hybridized carbons (Fsp3) is 0.292. The summed E-state index contributed by atoms with van der Waals surface area (Å²) < 4.78 is 40.4. The molecule has 3 aromatic rings. The highest BCUT2D eigenvalue weighted by Gasteiger charge is 2.36. The Balaban J connectivity index is 1.38. The van der Waals surface area contributed by atoms with Crippen molar-refractivity contribution in [3.05, 3.63) is 86.0 Å². The third kappa shape index (κ3) is 3.90. The van der Waals surface area contributed by atoms with Crippen LogP contribution in [0.25, 0.3) is 11.1 Å². The van der Waals surface area contributed by atoms with Crippen molar-refractivity contribution >= 4 is 18.1 Å². The first-order chi connectivity index (χ1) is 15.7. The molecule has 1 amide bonds. The number of H-pyrrole nitrogens is 1. The van der Waals surface area contributed by atoms with Gasteiger partial charge in [-0.15, -0.1) is 0 Å². The molecule has 1 fully saturated rings. The van der Waals surface area contributed by atoms with Gasteiger partial charge in [0.1, 0.15) is 6.04 Å². The van der Waals surface area contributed by atoms with Crippen molar-refractivity contribution in [2.24, 2.45) is 0 Å². The number of halogens is 3. The summed E-state index contributed by atoms with van der Waals surface area (Å²) in [5.41, 5.74) is 3.07. The maximum Gasteiger partial charge on any atom is 0.416 e. The molecule has 2 N–H and O–H groups in total. The lowest BCUT2D eigenvalue weighted by Gasteiger charge is -2.17. The molecule has 0 spiro atoms. The second kappa shape index (κ2) is 7.98. The van der Waals surface area contributed by atoms with E-state index in [-0.39, 0.29) is 22.3 Å². The molecule has 0 bridgehead atoms. The van der Waals surface area contributed by atoms with Gasteiger partial charge in [-0.1, -0.05) is 36.4 Å². The van der Waals surface area contributed by atoms with Crippen molar-refractivity contribution in [2.75, 3.05) is 0 Å². The fourth-order valence-electron chi connectivity index (χ4n) is 4.78. The summed E-state index contributed by atoms with van der Waals surface area (Å²) in [6, 6.07) is 11.7. The van der Waals surface area contributed by atoms with E-state index in [4.69, 9.17) is 12.2 Å². The van der Waals surface area contributed by atoms with Crippen LogP contribution in [0.1, 0.15) is 47.3 Å². The summed E-state index contributed by atoms with van der Waals surface area (Å²) in [5, 5.41) is 3.01. The van der Waals surface area contributed by atoms with Crippen LogP contribution >= 0.6 is 12.2 Å². The number of hydrogen-bond acceptors (Lipinski definition) is 3. The number of carbonyl (C=O) groups is 1. The number of nitrogens with zero attached hydrogens (tertiary/aromatic N) is 1. The molecule has 0 radical (unpaired) electrons. The van der Waals surface area contributed by atoms with Gasteiger partial charge in [0.25, 0.3) is 5.56 Å². The molecule has 1 aliphatic carbocycles. The van der Waals surface area contributed by atoms with Crippen molar-refractivity contribution in [3.63, 3.8) is 0 Å². The number of amides is 1. The maximum absolute atomic E-state index is 12.8. The van der Waals surface area contributed by atoms with Gasteiger partial charge in [0.2, 0.25) is 5.91 Å². The number of benzene rings is 2. The molecule has 5 rings (SSSR count). The van der Waals surface area contributed by atoms with Crippen molar-refractivity contribution < 1.29 is 18.0 Å². The largest absolute Gasteiger partial charge is 0.416 e. The van der Waals surface area contributed by atoms with Gasteiger partial charge in [-0.25, -0.2) is 0 Å². The minimum atomic E-state index is -4.37. The van der Waals surface area contributed by atoms with Gasteiger partial charge >= 0.3 is 6.18 Å². The Morgan fingerprint density at radius 2 is 1.58 bits per heavy atom. The molecular formula is C24H20F3N3O2S. The highest BCUT2D eigenvalue weighted by molar-refractivity contribution is 7.71. The van der Waals surface area contributed by atoms with Crippen molar-refractivity contribution in [1.82, 2.24) is 14.9 Å². The van der Waals surface area contributed by atoms with Gasteiger partial charge in [-0.3, -0.25) is 14.6 Å². The standard InChI is InChI=1S/C24H20F3N3O2S/c25-24(26,27)16-10-8-14(9-11-16)13-4-6-15(7-5-13)18-12-20(22(32)28-18)30-19-3-1-2-17(19)21(31)29-23(30)33/h4-11,18,20H,1-3,12H2,(H,28,32)(H,29,31,33)/t18-,20-/m0/s1. The Bertz CT molecular complexity index is 1340. The summed E-state index contributed by atoms with van der Waals surface area (Å²) in [5.74, 6) is -0.149. The van der Waals surface area contributed by atoms with Crippen LogP contribution in [0.15, 0.2) is 53.3 Å². The average molecular weight is 472 g/mol. The lowest BCUT2D eigenvalue weighted by atomic mass is 9.98. The molecule has 2 heterocycles. The molecule has 1 aromatic heterocycles. The molecule has 2 aromatic carbocycles. The lowest BCUT2D eigenvalue weighted by molar-refractivity contribution is -0.137. The van der Waals surface area contributed by atoms with Crippen LogP contribution in [0.4, 0.5) is 13.2 Å². The van der Waals surface area contributed by atoms with Crippen LogP contribution in [-0.4, -0.2) is 15.5 Å². The van der Waals surface area contributed by atoms with E-state index in [0.717, 1.165) is 41.8 Å². The number of alkyl halides is 3. The second-order valence-corrected chi connectivity index (χ2v) is 8.80. The number of carbonyl (C=O) groups excluding carboxylic acids is 1. The third-order valence-corrected chi connectivity index (χ3v) is 6.74. The summed E-state index contributed by atoms with van der Waals surface area (Å²) in [4.78, 5) is 27.7. The summed E-state index contributed by atoms with van der Waals surface area (Å²) >= 11 is 5.39. The van der Waals surface area contributed by atoms with E-state index in [2.05, 4.69) is 10.3 Å². The predicted octanol–water partition coefficient (Wildman–Crippen LogP) is 4.88.